The van der Waals surface area contributed by atoms with E-state index in [0.29, 0.717) is 17.3 Å². The number of amides is 1. The second-order valence-electron chi connectivity index (χ2n) is 6.01. The van der Waals surface area contributed by atoms with Crippen LogP contribution in [0.2, 0.25) is 5.02 Å². The molecule has 0 aliphatic rings. The lowest BCUT2D eigenvalue weighted by atomic mass is 10.1. The van der Waals surface area contributed by atoms with Gasteiger partial charge in [-0.25, -0.2) is 22.9 Å². The predicted octanol–water partition coefficient (Wildman–Crippen LogP) is 2.01. The topological polar surface area (TPSA) is 114 Å². The summed E-state index contributed by atoms with van der Waals surface area (Å²) < 4.78 is 29.6. The lowest BCUT2D eigenvalue weighted by Gasteiger charge is -2.13. The molecule has 0 fully saturated rings. The minimum Gasteiger partial charge on any atom is -0.449 e. The molecule has 28 heavy (non-hydrogen) atoms. The van der Waals surface area contributed by atoms with E-state index in [4.69, 9.17) is 16.3 Å². The smallest absolute Gasteiger partial charge is 0.338 e. The van der Waals surface area contributed by atoms with Crippen LogP contribution in [0.25, 0.3) is 0 Å². The van der Waals surface area contributed by atoms with Gasteiger partial charge in [0, 0.05) is 12.7 Å². The highest BCUT2D eigenvalue weighted by molar-refractivity contribution is 7.88. The van der Waals surface area contributed by atoms with Gasteiger partial charge in [-0.05, 0) is 43.2 Å². The van der Waals surface area contributed by atoms with Gasteiger partial charge in [0.2, 0.25) is 10.0 Å². The third-order valence-corrected chi connectivity index (χ3v) is 4.55. The fourth-order valence-corrected chi connectivity index (χ4v) is 2.73. The Morgan fingerprint density at radius 1 is 1.18 bits per heavy atom. The molecule has 0 aliphatic carbocycles. The van der Waals surface area contributed by atoms with Crippen molar-refractivity contribution in [1.29, 1.82) is 0 Å². The molecule has 0 radical (unpaired) electrons. The number of ether oxygens (including phenoxy) is 1. The molecule has 1 aromatic carbocycles. The van der Waals surface area contributed by atoms with E-state index in [2.05, 4.69) is 15.0 Å². The van der Waals surface area contributed by atoms with Gasteiger partial charge in [0.25, 0.3) is 5.91 Å². The Hall–Kier alpha value is -2.49. The first-order valence-corrected chi connectivity index (χ1v) is 10.6. The molecule has 150 valence electrons. The maximum Gasteiger partial charge on any atom is 0.338 e. The Morgan fingerprint density at radius 2 is 1.86 bits per heavy atom. The highest BCUT2D eigenvalue weighted by Gasteiger charge is 2.19. The Kier molecular flexibility index (Phi) is 7.50. The number of aromatic nitrogens is 1. The number of carbonyl (C=O) groups excluding carboxylic acids is 2. The second-order valence-corrected chi connectivity index (χ2v) is 8.28. The molecule has 10 heteroatoms. The van der Waals surface area contributed by atoms with Gasteiger partial charge in [0.05, 0.1) is 16.8 Å². The molecule has 0 bridgehead atoms. The number of hydrogen-bond acceptors (Lipinski definition) is 6. The standard InChI is InChI=1S/C18H20ClN3O5S/c1-12(17(23)22-16-8-7-15(19)11-20-16)27-18(24)14-5-3-13(4-6-14)9-10-21-28(2,25)26/h3-8,11-12,21H,9-10H2,1-2H3,(H,20,22,23)/t12-/m0/s1. The lowest BCUT2D eigenvalue weighted by Crippen LogP contribution is -2.30. The van der Waals surface area contributed by atoms with E-state index in [1.54, 1.807) is 30.3 Å². The lowest BCUT2D eigenvalue weighted by molar-refractivity contribution is -0.123. The molecule has 2 aromatic rings. The molecule has 1 atom stereocenters. The van der Waals surface area contributed by atoms with Crippen LogP contribution in [-0.2, 0) is 26.0 Å². The number of anilines is 1. The quantitative estimate of drug-likeness (QED) is 0.625. The van der Waals surface area contributed by atoms with Crippen molar-refractivity contribution in [3.05, 3.63) is 58.7 Å². The highest BCUT2D eigenvalue weighted by Crippen LogP contribution is 2.11. The van der Waals surface area contributed by atoms with Crippen molar-refractivity contribution in [2.24, 2.45) is 0 Å². The van der Waals surface area contributed by atoms with Crippen molar-refractivity contribution < 1.29 is 22.7 Å². The van der Waals surface area contributed by atoms with Gasteiger partial charge in [0.1, 0.15) is 5.82 Å². The van der Waals surface area contributed by atoms with Crippen LogP contribution in [-0.4, -0.2) is 44.2 Å². The van der Waals surface area contributed by atoms with Crippen molar-refractivity contribution in [3.63, 3.8) is 0 Å². The summed E-state index contributed by atoms with van der Waals surface area (Å²) >= 11 is 5.73. The maximum atomic E-state index is 12.2. The number of rotatable bonds is 8. The Labute approximate surface area is 168 Å². The van der Waals surface area contributed by atoms with Crippen LogP contribution in [0.4, 0.5) is 5.82 Å². The van der Waals surface area contributed by atoms with Crippen LogP contribution < -0.4 is 10.0 Å². The number of pyridine rings is 1. The van der Waals surface area contributed by atoms with Gasteiger partial charge in [-0.3, -0.25) is 4.79 Å². The number of hydrogen-bond donors (Lipinski definition) is 2. The van der Waals surface area contributed by atoms with Gasteiger partial charge in [-0.15, -0.1) is 0 Å². The Morgan fingerprint density at radius 3 is 2.43 bits per heavy atom. The number of nitrogens with one attached hydrogen (secondary N) is 2. The number of sulfonamides is 1. The number of nitrogens with zero attached hydrogens (tertiary/aromatic N) is 1. The molecular weight excluding hydrogens is 406 g/mol. The van der Waals surface area contributed by atoms with Crippen LogP contribution in [0.15, 0.2) is 42.6 Å². The zero-order valence-electron chi connectivity index (χ0n) is 15.3. The van der Waals surface area contributed by atoms with Gasteiger partial charge in [-0.2, -0.15) is 0 Å². The van der Waals surface area contributed by atoms with E-state index in [9.17, 15) is 18.0 Å². The Balaban J connectivity index is 1.87. The van der Waals surface area contributed by atoms with E-state index < -0.39 is 28.0 Å². The number of esters is 1. The van der Waals surface area contributed by atoms with Crippen molar-refractivity contribution in [2.45, 2.75) is 19.4 Å². The summed E-state index contributed by atoms with van der Waals surface area (Å²) in [4.78, 5) is 28.2. The maximum absolute atomic E-state index is 12.2. The van der Waals surface area contributed by atoms with Crippen molar-refractivity contribution in [2.75, 3.05) is 18.1 Å². The molecule has 1 heterocycles. The average Bonchev–Trinajstić information content (AvgIpc) is 2.63. The van der Waals surface area contributed by atoms with E-state index in [0.717, 1.165) is 11.8 Å². The fourth-order valence-electron chi connectivity index (χ4n) is 2.15. The van der Waals surface area contributed by atoms with E-state index in [1.165, 1.54) is 19.2 Å². The highest BCUT2D eigenvalue weighted by atomic mass is 35.5. The summed E-state index contributed by atoms with van der Waals surface area (Å²) in [5.41, 5.74) is 1.14. The van der Waals surface area contributed by atoms with E-state index in [1.807, 2.05) is 0 Å². The molecular formula is C18H20ClN3O5S. The van der Waals surface area contributed by atoms with Crippen molar-refractivity contribution >= 4 is 39.3 Å². The van der Waals surface area contributed by atoms with E-state index in [-0.39, 0.29) is 12.1 Å². The summed E-state index contributed by atoms with van der Waals surface area (Å²) in [6.45, 7) is 1.72. The molecule has 8 nitrogen and oxygen atoms in total. The van der Waals surface area contributed by atoms with Crippen LogP contribution in [0, 0.1) is 0 Å². The zero-order valence-corrected chi connectivity index (χ0v) is 16.9. The molecule has 0 aliphatic heterocycles. The number of carbonyl (C=O) groups is 2. The van der Waals surface area contributed by atoms with E-state index >= 15 is 0 Å². The van der Waals surface area contributed by atoms with Gasteiger partial charge < -0.3 is 10.1 Å². The summed E-state index contributed by atoms with van der Waals surface area (Å²) in [6.07, 6.45) is 1.94. The number of halogens is 1. The molecule has 0 saturated heterocycles. The second kappa shape index (κ2) is 9.63. The van der Waals surface area contributed by atoms with Crippen LogP contribution >= 0.6 is 11.6 Å². The third-order valence-electron chi connectivity index (χ3n) is 3.60. The van der Waals surface area contributed by atoms with Gasteiger partial charge in [-0.1, -0.05) is 23.7 Å². The van der Waals surface area contributed by atoms with Crippen molar-refractivity contribution in [3.8, 4) is 0 Å². The molecule has 2 rings (SSSR count). The third kappa shape index (κ3) is 7.26. The zero-order chi connectivity index (χ0) is 20.7. The molecule has 0 saturated carbocycles. The minimum absolute atomic E-state index is 0.262. The Bertz CT molecular complexity index is 931. The van der Waals surface area contributed by atoms with Gasteiger partial charge in [0.15, 0.2) is 6.10 Å². The summed E-state index contributed by atoms with van der Waals surface area (Å²) in [6, 6.07) is 9.62. The molecule has 1 aromatic heterocycles. The van der Waals surface area contributed by atoms with Crippen molar-refractivity contribution in [1.82, 2.24) is 9.71 Å². The van der Waals surface area contributed by atoms with Crippen LogP contribution in [0.1, 0.15) is 22.8 Å². The first-order valence-electron chi connectivity index (χ1n) is 8.31. The summed E-state index contributed by atoms with van der Waals surface area (Å²) in [5.74, 6) is -0.872. The minimum atomic E-state index is -3.24. The predicted molar refractivity (Wildman–Crippen MR) is 106 cm³/mol. The molecule has 0 spiro atoms. The monoisotopic (exact) mass is 425 g/mol. The van der Waals surface area contributed by atoms with Crippen LogP contribution in [0.5, 0.6) is 0 Å². The fraction of sp³-hybridized carbons (Fsp3) is 0.278. The molecule has 2 N–H and O–H groups in total. The average molecular weight is 426 g/mol. The SMILES string of the molecule is C[C@H](OC(=O)c1ccc(CCNS(C)(=O)=O)cc1)C(=O)Nc1ccc(Cl)cn1. The first-order chi connectivity index (χ1) is 13.1. The first kappa shape index (κ1) is 21.8. The largest absolute Gasteiger partial charge is 0.449 e. The normalized spacial score (nSPS) is 12.2. The molecule has 0 unspecified atom stereocenters. The van der Waals surface area contributed by atoms with Crippen LogP contribution in [0.3, 0.4) is 0 Å². The summed E-state index contributed by atoms with van der Waals surface area (Å²) in [7, 11) is -3.24. The number of benzene rings is 1. The molecule has 1 amide bonds. The van der Waals surface area contributed by atoms with Gasteiger partial charge >= 0.3 is 5.97 Å². The summed E-state index contributed by atoms with van der Waals surface area (Å²) in [5, 5.41) is 2.97.